The summed E-state index contributed by atoms with van der Waals surface area (Å²) < 4.78 is 0. The molecule has 3 heterocycles. The quantitative estimate of drug-likeness (QED) is 0.642. The summed E-state index contributed by atoms with van der Waals surface area (Å²) in [6.07, 6.45) is 1.49. The van der Waals surface area contributed by atoms with Gasteiger partial charge >= 0.3 is 6.03 Å². The lowest BCUT2D eigenvalue weighted by molar-refractivity contribution is -0.133. The number of halogens is 1. The van der Waals surface area contributed by atoms with Gasteiger partial charge in [-0.15, -0.1) is 11.3 Å². The van der Waals surface area contributed by atoms with Gasteiger partial charge in [0.2, 0.25) is 5.91 Å². The fourth-order valence-electron chi connectivity index (χ4n) is 2.38. The van der Waals surface area contributed by atoms with Gasteiger partial charge in [0.1, 0.15) is 6.54 Å². The molecule has 1 atom stereocenters. The Morgan fingerprint density at radius 2 is 2.21 bits per heavy atom. The van der Waals surface area contributed by atoms with Crippen LogP contribution in [0.4, 0.5) is 10.5 Å². The number of nitrogens with zero attached hydrogens (tertiary/aromatic N) is 2. The molecule has 4 amide bonds. The Bertz CT molecular complexity index is 811. The normalized spacial score (nSPS) is 20.2. The van der Waals surface area contributed by atoms with Crippen LogP contribution in [0, 0.1) is 0 Å². The lowest BCUT2D eigenvalue weighted by Gasteiger charge is -2.20. The smallest absolute Gasteiger partial charge is 0.322 e. The summed E-state index contributed by atoms with van der Waals surface area (Å²) in [7, 11) is 0. The molecule has 7 nitrogen and oxygen atoms in total. The van der Waals surface area contributed by atoms with E-state index in [1.54, 1.807) is 31.2 Å². The molecule has 3 rings (SSSR count). The third kappa shape index (κ3) is 2.85. The highest BCUT2D eigenvalue weighted by atomic mass is 35.5. The molecule has 124 valence electrons. The molecular weight excluding hydrogens is 352 g/mol. The van der Waals surface area contributed by atoms with E-state index in [1.807, 2.05) is 5.38 Å². The molecule has 0 saturated carbocycles. The van der Waals surface area contributed by atoms with E-state index in [0.717, 1.165) is 4.90 Å². The molecule has 1 aliphatic rings. The van der Waals surface area contributed by atoms with Gasteiger partial charge in [-0.3, -0.25) is 14.5 Å². The zero-order valence-electron chi connectivity index (χ0n) is 12.6. The Morgan fingerprint density at radius 3 is 2.88 bits per heavy atom. The predicted molar refractivity (Wildman–Crippen MR) is 89.8 cm³/mol. The van der Waals surface area contributed by atoms with Crippen molar-refractivity contribution in [1.82, 2.24) is 15.2 Å². The molecule has 0 aromatic carbocycles. The summed E-state index contributed by atoms with van der Waals surface area (Å²) >= 11 is 7.23. The number of rotatable bonds is 4. The van der Waals surface area contributed by atoms with Gasteiger partial charge in [-0.05, 0) is 30.5 Å². The van der Waals surface area contributed by atoms with E-state index < -0.39 is 29.9 Å². The van der Waals surface area contributed by atoms with Crippen molar-refractivity contribution in [3.8, 4) is 0 Å². The Labute approximate surface area is 146 Å². The number of amides is 4. The highest BCUT2D eigenvalue weighted by Crippen LogP contribution is 2.31. The molecule has 24 heavy (non-hydrogen) atoms. The second-order valence-electron chi connectivity index (χ2n) is 5.31. The molecular formula is C15H13ClN4O3S. The Hall–Kier alpha value is -2.45. The number of hydrogen-bond acceptors (Lipinski definition) is 5. The van der Waals surface area contributed by atoms with Crippen molar-refractivity contribution in [2.24, 2.45) is 0 Å². The number of carbonyl (C=O) groups is 3. The molecule has 2 aromatic heterocycles. The zero-order chi connectivity index (χ0) is 17.3. The number of anilines is 1. The fraction of sp³-hybridized carbons (Fsp3) is 0.200. The Kier molecular flexibility index (Phi) is 4.25. The molecule has 0 radical (unpaired) electrons. The average molecular weight is 365 g/mol. The topological polar surface area (TPSA) is 91.4 Å². The Balaban J connectivity index is 1.74. The van der Waals surface area contributed by atoms with Crippen molar-refractivity contribution in [2.75, 3.05) is 11.9 Å². The van der Waals surface area contributed by atoms with Crippen LogP contribution in [0.15, 0.2) is 35.8 Å². The van der Waals surface area contributed by atoms with Crippen LogP contribution in [0.5, 0.6) is 0 Å². The minimum Gasteiger partial charge on any atom is -0.322 e. The minimum atomic E-state index is -1.16. The predicted octanol–water partition coefficient (Wildman–Crippen LogP) is 2.20. The molecule has 1 saturated heterocycles. The number of thiophene rings is 1. The van der Waals surface area contributed by atoms with Crippen LogP contribution in [0.2, 0.25) is 5.15 Å². The van der Waals surface area contributed by atoms with Gasteiger partial charge in [-0.2, -0.15) is 0 Å². The van der Waals surface area contributed by atoms with Crippen molar-refractivity contribution >= 4 is 46.5 Å². The standard InChI is InChI=1S/C15H13ClN4O3S/c1-15(10-5-3-7-24-10)13(22)20(14(23)19-15)8-11(21)18-9-4-2-6-17-12(9)16/h2-7H,8H2,1H3,(H,18,21)(H,19,23). The van der Waals surface area contributed by atoms with Crippen LogP contribution in [0.3, 0.4) is 0 Å². The molecule has 0 aliphatic carbocycles. The molecule has 0 spiro atoms. The minimum absolute atomic E-state index is 0.131. The van der Waals surface area contributed by atoms with Crippen molar-refractivity contribution in [3.05, 3.63) is 45.9 Å². The van der Waals surface area contributed by atoms with Crippen LogP contribution in [0.1, 0.15) is 11.8 Å². The number of nitrogens with one attached hydrogen (secondary N) is 2. The molecule has 0 bridgehead atoms. The van der Waals surface area contributed by atoms with Crippen LogP contribution < -0.4 is 10.6 Å². The number of pyridine rings is 1. The monoisotopic (exact) mass is 364 g/mol. The van der Waals surface area contributed by atoms with Crippen LogP contribution >= 0.6 is 22.9 Å². The lowest BCUT2D eigenvalue weighted by atomic mass is 10.0. The second kappa shape index (κ2) is 6.21. The maximum atomic E-state index is 12.6. The number of carbonyl (C=O) groups excluding carboxylic acids is 3. The summed E-state index contributed by atoms with van der Waals surface area (Å²) in [5.74, 6) is -1.01. The summed E-state index contributed by atoms with van der Waals surface area (Å²) in [4.78, 5) is 42.3. The van der Waals surface area contributed by atoms with Gasteiger partial charge in [0.15, 0.2) is 10.7 Å². The first kappa shape index (κ1) is 16.4. The van der Waals surface area contributed by atoms with Gasteiger partial charge in [0.25, 0.3) is 5.91 Å². The first-order valence-electron chi connectivity index (χ1n) is 7.00. The SMILES string of the molecule is CC1(c2cccs2)NC(=O)N(CC(=O)Nc2cccnc2Cl)C1=O. The molecule has 1 aliphatic heterocycles. The van der Waals surface area contributed by atoms with E-state index in [9.17, 15) is 14.4 Å². The van der Waals surface area contributed by atoms with Crippen LogP contribution in [0.25, 0.3) is 0 Å². The van der Waals surface area contributed by atoms with Gasteiger partial charge in [0.05, 0.1) is 5.69 Å². The highest BCUT2D eigenvalue weighted by Gasteiger charge is 2.50. The maximum Gasteiger partial charge on any atom is 0.325 e. The maximum absolute atomic E-state index is 12.6. The molecule has 1 unspecified atom stereocenters. The number of aromatic nitrogens is 1. The molecule has 2 aromatic rings. The molecule has 9 heteroatoms. The highest BCUT2D eigenvalue weighted by molar-refractivity contribution is 7.10. The fourth-order valence-corrected chi connectivity index (χ4v) is 3.38. The second-order valence-corrected chi connectivity index (χ2v) is 6.62. The summed E-state index contributed by atoms with van der Waals surface area (Å²) in [5.41, 5.74) is -0.838. The summed E-state index contributed by atoms with van der Waals surface area (Å²) in [5, 5.41) is 7.13. The number of imide groups is 1. The van der Waals surface area contributed by atoms with E-state index in [1.165, 1.54) is 17.5 Å². The lowest BCUT2D eigenvalue weighted by Crippen LogP contribution is -2.41. The van der Waals surface area contributed by atoms with Crippen molar-refractivity contribution in [1.29, 1.82) is 0 Å². The third-order valence-electron chi connectivity index (χ3n) is 3.62. The first-order valence-corrected chi connectivity index (χ1v) is 8.26. The van der Waals surface area contributed by atoms with Crippen LogP contribution in [-0.4, -0.2) is 34.3 Å². The van der Waals surface area contributed by atoms with E-state index in [2.05, 4.69) is 15.6 Å². The van der Waals surface area contributed by atoms with Gasteiger partial charge in [-0.25, -0.2) is 9.78 Å². The zero-order valence-corrected chi connectivity index (χ0v) is 14.1. The van der Waals surface area contributed by atoms with Gasteiger partial charge in [-0.1, -0.05) is 17.7 Å². The van der Waals surface area contributed by atoms with Crippen molar-refractivity contribution in [3.63, 3.8) is 0 Å². The van der Waals surface area contributed by atoms with Gasteiger partial charge in [0, 0.05) is 11.1 Å². The van der Waals surface area contributed by atoms with E-state index in [-0.39, 0.29) is 5.15 Å². The largest absolute Gasteiger partial charge is 0.325 e. The molecule has 1 fully saturated rings. The Morgan fingerprint density at radius 1 is 1.42 bits per heavy atom. The van der Waals surface area contributed by atoms with E-state index >= 15 is 0 Å². The first-order chi connectivity index (χ1) is 11.4. The van der Waals surface area contributed by atoms with E-state index in [4.69, 9.17) is 11.6 Å². The number of urea groups is 1. The van der Waals surface area contributed by atoms with E-state index in [0.29, 0.717) is 10.6 Å². The van der Waals surface area contributed by atoms with Crippen molar-refractivity contribution < 1.29 is 14.4 Å². The third-order valence-corrected chi connectivity index (χ3v) is 5.02. The summed E-state index contributed by atoms with van der Waals surface area (Å²) in [6.45, 7) is 1.21. The molecule has 2 N–H and O–H groups in total. The average Bonchev–Trinajstić information content (AvgIpc) is 3.14. The summed E-state index contributed by atoms with van der Waals surface area (Å²) in [6, 6.07) is 6.15. The number of hydrogen-bond donors (Lipinski definition) is 2. The van der Waals surface area contributed by atoms with Crippen molar-refractivity contribution in [2.45, 2.75) is 12.5 Å². The van der Waals surface area contributed by atoms with Crippen LogP contribution in [-0.2, 0) is 15.1 Å². The van der Waals surface area contributed by atoms with Gasteiger partial charge < -0.3 is 10.6 Å².